The normalized spacial score (nSPS) is 12.1. The summed E-state index contributed by atoms with van der Waals surface area (Å²) in [5.74, 6) is 1.40. The second-order valence-electron chi connectivity index (χ2n) is 6.93. The molecule has 0 aliphatic heterocycles. The monoisotopic (exact) mass is 346 g/mol. The van der Waals surface area contributed by atoms with Crippen molar-refractivity contribution in [1.29, 1.82) is 0 Å². The molecule has 2 nitrogen and oxygen atoms in total. The highest BCUT2D eigenvalue weighted by atomic mass is 16.5. The Bertz CT molecular complexity index is 424. The van der Waals surface area contributed by atoms with Gasteiger partial charge in [0, 0.05) is 5.92 Å². The van der Waals surface area contributed by atoms with Crippen molar-refractivity contribution in [2.75, 3.05) is 19.8 Å². The maximum Gasteiger partial charge on any atom is 0.119 e. The zero-order chi connectivity index (χ0) is 18.2. The molecule has 1 aromatic carbocycles. The molecule has 25 heavy (non-hydrogen) atoms. The predicted octanol–water partition coefficient (Wildman–Crippen LogP) is 6.59. The van der Waals surface area contributed by atoms with Crippen molar-refractivity contribution in [2.24, 2.45) is 5.92 Å². The average Bonchev–Trinajstić information content (AvgIpc) is 2.65. The van der Waals surface area contributed by atoms with Gasteiger partial charge in [0.1, 0.15) is 5.75 Å². The van der Waals surface area contributed by atoms with E-state index < -0.39 is 0 Å². The van der Waals surface area contributed by atoms with Crippen molar-refractivity contribution >= 4 is 0 Å². The van der Waals surface area contributed by atoms with E-state index in [-0.39, 0.29) is 0 Å². The molecule has 1 unspecified atom stereocenters. The largest absolute Gasteiger partial charge is 0.493 e. The van der Waals surface area contributed by atoms with Crippen LogP contribution in [0.4, 0.5) is 0 Å². The Balaban J connectivity index is 2.18. The summed E-state index contributed by atoms with van der Waals surface area (Å²) in [6.07, 6.45) is 13.6. The molecule has 0 fully saturated rings. The van der Waals surface area contributed by atoms with Crippen molar-refractivity contribution in [3.05, 3.63) is 42.5 Å². The topological polar surface area (TPSA) is 18.5 Å². The maximum absolute atomic E-state index is 5.92. The molecule has 0 saturated heterocycles. The fourth-order valence-electron chi connectivity index (χ4n) is 2.85. The van der Waals surface area contributed by atoms with Gasteiger partial charge in [0.05, 0.1) is 19.8 Å². The van der Waals surface area contributed by atoms with E-state index in [2.05, 4.69) is 44.7 Å². The molecule has 2 heteroatoms. The summed E-state index contributed by atoms with van der Waals surface area (Å²) in [6, 6.07) is 8.63. The lowest BCUT2D eigenvalue weighted by molar-refractivity contribution is 0.0944. The van der Waals surface area contributed by atoms with Crippen LogP contribution in [0.5, 0.6) is 5.75 Å². The van der Waals surface area contributed by atoms with Crippen molar-refractivity contribution in [2.45, 2.75) is 71.6 Å². The van der Waals surface area contributed by atoms with Crippen molar-refractivity contribution in [1.82, 2.24) is 0 Å². The van der Waals surface area contributed by atoms with E-state index >= 15 is 0 Å². The molecule has 0 spiro atoms. The van der Waals surface area contributed by atoms with E-state index in [9.17, 15) is 0 Å². The molecule has 1 aromatic rings. The Morgan fingerprint density at radius 1 is 0.920 bits per heavy atom. The quantitative estimate of drug-likeness (QED) is 0.248. The fourth-order valence-corrected chi connectivity index (χ4v) is 2.85. The number of rotatable bonds is 16. The summed E-state index contributed by atoms with van der Waals surface area (Å²) in [5.41, 5.74) is 1.42. The van der Waals surface area contributed by atoms with Crippen LogP contribution in [0.1, 0.15) is 70.8 Å². The summed E-state index contributed by atoms with van der Waals surface area (Å²) >= 11 is 0. The molecule has 1 atom stereocenters. The van der Waals surface area contributed by atoms with Crippen LogP contribution in [0.2, 0.25) is 0 Å². The van der Waals surface area contributed by atoms with Gasteiger partial charge >= 0.3 is 0 Å². The van der Waals surface area contributed by atoms with E-state index in [1.807, 2.05) is 0 Å². The van der Waals surface area contributed by atoms with E-state index in [1.165, 1.54) is 56.9 Å². The van der Waals surface area contributed by atoms with Gasteiger partial charge in [-0.2, -0.15) is 0 Å². The molecule has 142 valence electrons. The number of hydrogen-bond donors (Lipinski definition) is 0. The Hall–Kier alpha value is -1.28. The summed E-state index contributed by atoms with van der Waals surface area (Å²) in [5, 5.41) is 0. The van der Waals surface area contributed by atoms with Gasteiger partial charge in [0.25, 0.3) is 0 Å². The van der Waals surface area contributed by atoms with Gasteiger partial charge in [-0.05, 0) is 37.0 Å². The molecule has 0 aliphatic rings. The molecule has 0 aliphatic carbocycles. The highest BCUT2D eigenvalue weighted by Gasteiger charge is 2.07. The Morgan fingerprint density at radius 2 is 1.60 bits per heavy atom. The minimum Gasteiger partial charge on any atom is -0.493 e. The summed E-state index contributed by atoms with van der Waals surface area (Å²) in [6.45, 7) is 10.2. The van der Waals surface area contributed by atoms with Gasteiger partial charge in [-0.25, -0.2) is 0 Å². The zero-order valence-corrected chi connectivity index (χ0v) is 16.5. The maximum atomic E-state index is 5.92. The molecule has 0 saturated carbocycles. The second-order valence-corrected chi connectivity index (χ2v) is 6.93. The third-order valence-electron chi connectivity index (χ3n) is 4.64. The molecule has 0 N–H and O–H groups in total. The van der Waals surface area contributed by atoms with Crippen molar-refractivity contribution < 1.29 is 9.47 Å². The smallest absolute Gasteiger partial charge is 0.119 e. The van der Waals surface area contributed by atoms with E-state index in [0.29, 0.717) is 19.1 Å². The molecule has 1 rings (SSSR count). The molecular weight excluding hydrogens is 308 g/mol. The van der Waals surface area contributed by atoms with Crippen LogP contribution in [0, 0.1) is 5.92 Å². The van der Waals surface area contributed by atoms with Gasteiger partial charge in [-0.3, -0.25) is 0 Å². The first-order valence-electron chi connectivity index (χ1n) is 10.2. The third kappa shape index (κ3) is 11.0. The Kier molecular flexibility index (Phi) is 13.1. The van der Waals surface area contributed by atoms with E-state index in [1.54, 1.807) is 6.08 Å². The third-order valence-corrected chi connectivity index (χ3v) is 4.64. The minimum atomic E-state index is 0.437. The van der Waals surface area contributed by atoms with Crippen LogP contribution in [0.15, 0.2) is 36.9 Å². The van der Waals surface area contributed by atoms with Crippen molar-refractivity contribution in [3.8, 4) is 5.75 Å². The first-order chi connectivity index (χ1) is 12.3. The minimum absolute atomic E-state index is 0.437. The van der Waals surface area contributed by atoms with Crippen LogP contribution in [-0.4, -0.2) is 19.8 Å². The van der Waals surface area contributed by atoms with Gasteiger partial charge < -0.3 is 9.47 Å². The SMILES string of the molecule is C=CCOCC(CC)COc1ccc(CCCCCCCCC)cc1. The van der Waals surface area contributed by atoms with Crippen LogP contribution < -0.4 is 4.74 Å². The molecule has 0 amide bonds. The zero-order valence-electron chi connectivity index (χ0n) is 16.5. The molecule has 0 radical (unpaired) electrons. The van der Waals surface area contributed by atoms with E-state index in [4.69, 9.17) is 9.47 Å². The lowest BCUT2D eigenvalue weighted by Crippen LogP contribution is -2.17. The van der Waals surface area contributed by atoms with Crippen molar-refractivity contribution in [3.63, 3.8) is 0 Å². The molecule has 0 heterocycles. The fraction of sp³-hybridized carbons (Fsp3) is 0.652. The van der Waals surface area contributed by atoms with Gasteiger partial charge in [0.15, 0.2) is 0 Å². The number of benzene rings is 1. The van der Waals surface area contributed by atoms with Gasteiger partial charge in [0.2, 0.25) is 0 Å². The molecule has 0 bridgehead atoms. The highest BCUT2D eigenvalue weighted by Crippen LogP contribution is 2.16. The van der Waals surface area contributed by atoms with Crippen LogP contribution in [0.3, 0.4) is 0 Å². The number of hydrogen-bond acceptors (Lipinski definition) is 2. The number of unbranched alkanes of at least 4 members (excludes halogenated alkanes) is 6. The van der Waals surface area contributed by atoms with Crippen LogP contribution >= 0.6 is 0 Å². The van der Waals surface area contributed by atoms with Gasteiger partial charge in [-0.15, -0.1) is 6.58 Å². The standard InChI is InChI=1S/C23H38O2/c1-4-7-8-9-10-11-12-13-22-14-16-23(17-15-22)25-20-21(6-3)19-24-18-5-2/h5,14-17,21H,2,4,6-13,18-20H2,1,3H3. The second kappa shape index (κ2) is 15.0. The Labute approximate surface area is 155 Å². The summed E-state index contributed by atoms with van der Waals surface area (Å²) < 4.78 is 11.5. The predicted molar refractivity (Wildman–Crippen MR) is 108 cm³/mol. The molecule has 0 aromatic heterocycles. The summed E-state index contributed by atoms with van der Waals surface area (Å²) in [7, 11) is 0. The van der Waals surface area contributed by atoms with Crippen LogP contribution in [-0.2, 0) is 11.2 Å². The van der Waals surface area contributed by atoms with E-state index in [0.717, 1.165) is 18.8 Å². The number of ether oxygens (including phenoxy) is 2. The Morgan fingerprint density at radius 3 is 2.24 bits per heavy atom. The van der Waals surface area contributed by atoms with Crippen LogP contribution in [0.25, 0.3) is 0 Å². The first kappa shape index (κ1) is 21.8. The number of aryl methyl sites for hydroxylation is 1. The lowest BCUT2D eigenvalue weighted by atomic mass is 10.0. The lowest BCUT2D eigenvalue weighted by Gasteiger charge is -2.16. The van der Waals surface area contributed by atoms with Gasteiger partial charge in [-0.1, -0.05) is 70.6 Å². The highest BCUT2D eigenvalue weighted by molar-refractivity contribution is 5.27. The average molecular weight is 347 g/mol. The first-order valence-corrected chi connectivity index (χ1v) is 10.2. The summed E-state index contributed by atoms with van der Waals surface area (Å²) in [4.78, 5) is 0. The molecular formula is C23H38O2.